The third kappa shape index (κ3) is 1.89. The van der Waals surface area contributed by atoms with Crippen LogP contribution in [0.2, 0.25) is 0 Å². The number of rotatable bonds is 2. The Bertz CT molecular complexity index is 266. The molecule has 2 rings (SSSR count). The highest BCUT2D eigenvalue weighted by Gasteiger charge is 2.18. The van der Waals surface area contributed by atoms with Gasteiger partial charge in [0.1, 0.15) is 12.9 Å². The highest BCUT2D eigenvalue weighted by Crippen LogP contribution is 2.22. The van der Waals surface area contributed by atoms with E-state index in [-0.39, 0.29) is 6.61 Å². The molecule has 1 unspecified atom stereocenters. The molecule has 0 aromatic carbocycles. The van der Waals surface area contributed by atoms with Crippen LogP contribution >= 0.6 is 0 Å². The summed E-state index contributed by atoms with van der Waals surface area (Å²) in [6, 6.07) is 0. The minimum atomic E-state index is -0.111. The largest absolute Gasteiger partial charge is 0.446 e. The number of aliphatic hydroxyl groups is 1. The predicted molar refractivity (Wildman–Crippen MR) is 47.3 cm³/mol. The normalized spacial score (nSPS) is 23.3. The number of hydrogen-bond donors (Lipinski definition) is 2. The van der Waals surface area contributed by atoms with E-state index in [9.17, 15) is 0 Å². The molecular formula is C9H14N2O2. The number of piperidine rings is 1. The summed E-state index contributed by atoms with van der Waals surface area (Å²) >= 11 is 0. The number of oxazole rings is 1. The number of nitrogens with zero attached hydrogens (tertiary/aromatic N) is 1. The minimum Gasteiger partial charge on any atom is -0.446 e. The lowest BCUT2D eigenvalue weighted by molar-refractivity contribution is 0.240. The van der Waals surface area contributed by atoms with Gasteiger partial charge in [0.15, 0.2) is 0 Å². The summed E-state index contributed by atoms with van der Waals surface area (Å²) in [4.78, 5) is 4.20. The van der Waals surface area contributed by atoms with E-state index in [4.69, 9.17) is 9.52 Å². The van der Waals surface area contributed by atoms with E-state index >= 15 is 0 Å². The monoisotopic (exact) mass is 182 g/mol. The first-order valence-corrected chi connectivity index (χ1v) is 4.66. The molecular weight excluding hydrogens is 168 g/mol. The molecule has 72 valence electrons. The Balaban J connectivity index is 2.05. The molecule has 1 aliphatic rings. The standard InChI is InChI=1S/C9H14N2O2/c12-5-9-11-8(6-13-9)7-2-1-3-10-4-7/h6-7,10,12H,1-5H2. The van der Waals surface area contributed by atoms with Crippen LogP contribution in [0.1, 0.15) is 30.3 Å². The average molecular weight is 182 g/mol. The molecule has 4 nitrogen and oxygen atoms in total. The van der Waals surface area contributed by atoms with E-state index in [1.54, 1.807) is 6.26 Å². The molecule has 1 aliphatic heterocycles. The highest BCUT2D eigenvalue weighted by atomic mass is 16.4. The van der Waals surface area contributed by atoms with Crippen LogP contribution in [0.25, 0.3) is 0 Å². The van der Waals surface area contributed by atoms with Crippen molar-refractivity contribution in [3.05, 3.63) is 17.8 Å². The van der Waals surface area contributed by atoms with Crippen LogP contribution in [0, 0.1) is 0 Å². The lowest BCUT2D eigenvalue weighted by Crippen LogP contribution is -2.28. The Morgan fingerprint density at radius 2 is 2.62 bits per heavy atom. The van der Waals surface area contributed by atoms with Crippen molar-refractivity contribution in [2.45, 2.75) is 25.4 Å². The third-order valence-corrected chi connectivity index (χ3v) is 2.42. The average Bonchev–Trinajstić information content (AvgIpc) is 2.67. The molecule has 4 heteroatoms. The fourth-order valence-electron chi connectivity index (χ4n) is 1.69. The van der Waals surface area contributed by atoms with E-state index < -0.39 is 0 Å². The van der Waals surface area contributed by atoms with Gasteiger partial charge in [-0.05, 0) is 19.4 Å². The maximum Gasteiger partial charge on any atom is 0.219 e. The van der Waals surface area contributed by atoms with Gasteiger partial charge in [-0.2, -0.15) is 0 Å². The first-order valence-electron chi connectivity index (χ1n) is 4.66. The van der Waals surface area contributed by atoms with Crippen LogP contribution in [0.3, 0.4) is 0 Å². The lowest BCUT2D eigenvalue weighted by Gasteiger charge is -2.20. The SMILES string of the molecule is OCc1nc(C2CCCNC2)co1. The second kappa shape index (κ2) is 3.89. The van der Waals surface area contributed by atoms with E-state index in [0.29, 0.717) is 11.8 Å². The van der Waals surface area contributed by atoms with Crippen LogP contribution < -0.4 is 5.32 Å². The number of aliphatic hydroxyl groups excluding tert-OH is 1. The van der Waals surface area contributed by atoms with Gasteiger partial charge in [0, 0.05) is 12.5 Å². The summed E-state index contributed by atoms with van der Waals surface area (Å²) in [6.45, 7) is 1.96. The van der Waals surface area contributed by atoms with Crippen molar-refractivity contribution < 1.29 is 9.52 Å². The molecule has 1 aromatic heterocycles. The molecule has 0 saturated carbocycles. The van der Waals surface area contributed by atoms with Crippen LogP contribution in [0.5, 0.6) is 0 Å². The van der Waals surface area contributed by atoms with Gasteiger partial charge >= 0.3 is 0 Å². The Hall–Kier alpha value is -0.870. The molecule has 1 aromatic rings. The van der Waals surface area contributed by atoms with Gasteiger partial charge in [0.2, 0.25) is 5.89 Å². The summed E-state index contributed by atoms with van der Waals surface area (Å²) in [5.41, 5.74) is 0.969. The first-order chi connectivity index (χ1) is 6.40. The summed E-state index contributed by atoms with van der Waals surface area (Å²) in [6.07, 6.45) is 4.00. The maximum atomic E-state index is 8.78. The van der Waals surface area contributed by atoms with Crippen molar-refractivity contribution in [1.29, 1.82) is 0 Å². The third-order valence-electron chi connectivity index (χ3n) is 2.42. The van der Waals surface area contributed by atoms with Gasteiger partial charge < -0.3 is 14.8 Å². The zero-order valence-electron chi connectivity index (χ0n) is 7.49. The fourth-order valence-corrected chi connectivity index (χ4v) is 1.69. The van der Waals surface area contributed by atoms with Crippen molar-refractivity contribution in [2.75, 3.05) is 13.1 Å². The van der Waals surface area contributed by atoms with Crippen LogP contribution in [-0.2, 0) is 6.61 Å². The first kappa shape index (κ1) is 8.72. The van der Waals surface area contributed by atoms with Crippen molar-refractivity contribution in [1.82, 2.24) is 10.3 Å². The van der Waals surface area contributed by atoms with Crippen molar-refractivity contribution in [3.8, 4) is 0 Å². The van der Waals surface area contributed by atoms with E-state index in [1.807, 2.05) is 0 Å². The molecule has 13 heavy (non-hydrogen) atoms. The predicted octanol–water partition coefficient (Wildman–Crippen LogP) is 0.634. The molecule has 1 saturated heterocycles. The zero-order chi connectivity index (χ0) is 9.10. The van der Waals surface area contributed by atoms with Gasteiger partial charge in [-0.25, -0.2) is 4.98 Å². The molecule has 0 bridgehead atoms. The van der Waals surface area contributed by atoms with Crippen LogP contribution in [0.15, 0.2) is 10.7 Å². The van der Waals surface area contributed by atoms with E-state index in [0.717, 1.165) is 25.2 Å². The Kier molecular flexibility index (Phi) is 2.61. The summed E-state index contributed by atoms with van der Waals surface area (Å²) < 4.78 is 5.08. The number of aromatic nitrogens is 1. The van der Waals surface area contributed by atoms with Crippen molar-refractivity contribution >= 4 is 0 Å². The number of nitrogens with one attached hydrogen (secondary N) is 1. The quantitative estimate of drug-likeness (QED) is 0.704. The Morgan fingerprint density at radius 1 is 1.69 bits per heavy atom. The molecule has 0 spiro atoms. The van der Waals surface area contributed by atoms with Crippen molar-refractivity contribution in [3.63, 3.8) is 0 Å². The minimum absolute atomic E-state index is 0.111. The second-order valence-electron chi connectivity index (χ2n) is 3.37. The van der Waals surface area contributed by atoms with Crippen LogP contribution in [0.4, 0.5) is 0 Å². The fraction of sp³-hybridized carbons (Fsp3) is 0.667. The summed E-state index contributed by atoms with van der Waals surface area (Å²) in [5.74, 6) is 0.873. The topological polar surface area (TPSA) is 58.3 Å². The summed E-state index contributed by atoms with van der Waals surface area (Å²) in [7, 11) is 0. The summed E-state index contributed by atoms with van der Waals surface area (Å²) in [5, 5.41) is 12.1. The van der Waals surface area contributed by atoms with E-state index in [1.165, 1.54) is 6.42 Å². The highest BCUT2D eigenvalue weighted by molar-refractivity contribution is 5.05. The molecule has 1 atom stereocenters. The molecule has 2 heterocycles. The zero-order valence-corrected chi connectivity index (χ0v) is 7.49. The van der Waals surface area contributed by atoms with Crippen LogP contribution in [-0.4, -0.2) is 23.2 Å². The van der Waals surface area contributed by atoms with Crippen molar-refractivity contribution in [2.24, 2.45) is 0 Å². The smallest absolute Gasteiger partial charge is 0.219 e. The van der Waals surface area contributed by atoms with Gasteiger partial charge in [-0.15, -0.1) is 0 Å². The van der Waals surface area contributed by atoms with Gasteiger partial charge in [0.05, 0.1) is 5.69 Å². The van der Waals surface area contributed by atoms with E-state index in [2.05, 4.69) is 10.3 Å². The Labute approximate surface area is 77.0 Å². The van der Waals surface area contributed by atoms with Gasteiger partial charge in [-0.3, -0.25) is 0 Å². The Morgan fingerprint density at radius 3 is 3.23 bits per heavy atom. The molecule has 1 fully saturated rings. The lowest BCUT2D eigenvalue weighted by atomic mass is 9.97. The molecule has 0 radical (unpaired) electrons. The molecule has 0 aliphatic carbocycles. The second-order valence-corrected chi connectivity index (χ2v) is 3.37. The number of hydrogen-bond acceptors (Lipinski definition) is 4. The molecule has 2 N–H and O–H groups in total. The maximum absolute atomic E-state index is 8.78. The molecule has 0 amide bonds. The van der Waals surface area contributed by atoms with Gasteiger partial charge in [0.25, 0.3) is 0 Å². The van der Waals surface area contributed by atoms with Gasteiger partial charge in [-0.1, -0.05) is 0 Å².